The molecule has 2 fully saturated rings. The summed E-state index contributed by atoms with van der Waals surface area (Å²) in [5.41, 5.74) is 0.447. The summed E-state index contributed by atoms with van der Waals surface area (Å²) in [4.78, 5) is 16.7. The second-order valence-electron chi connectivity index (χ2n) is 8.73. The molecule has 0 aromatic carbocycles. The zero-order chi connectivity index (χ0) is 19.1. The van der Waals surface area contributed by atoms with E-state index >= 15 is 0 Å². The van der Waals surface area contributed by atoms with E-state index in [0.717, 1.165) is 24.2 Å². The molecule has 1 aliphatic heterocycles. The van der Waals surface area contributed by atoms with Crippen molar-refractivity contribution in [1.29, 1.82) is 0 Å². The molecule has 2 aromatic rings. The van der Waals surface area contributed by atoms with Gasteiger partial charge in [-0.1, -0.05) is 13.8 Å². The predicted molar refractivity (Wildman–Crippen MR) is 102 cm³/mol. The highest BCUT2D eigenvalue weighted by Gasteiger charge is 2.44. The number of anilines is 1. The second kappa shape index (κ2) is 6.62. The van der Waals surface area contributed by atoms with Gasteiger partial charge in [-0.25, -0.2) is 4.98 Å². The highest BCUT2D eigenvalue weighted by Crippen LogP contribution is 2.37. The SMILES string of the molecule is CC1(C)CCC(Nc2ncccc2-c2nnc(C3(C)CCNC3=O)o2)CC1. The summed E-state index contributed by atoms with van der Waals surface area (Å²) in [6.07, 6.45) is 7.06. The van der Waals surface area contributed by atoms with Crippen LogP contribution in [0.3, 0.4) is 0 Å². The van der Waals surface area contributed by atoms with Crippen LogP contribution in [0.1, 0.15) is 58.8 Å². The van der Waals surface area contributed by atoms with Crippen molar-refractivity contribution in [2.24, 2.45) is 5.41 Å². The van der Waals surface area contributed by atoms with Gasteiger partial charge in [-0.3, -0.25) is 4.79 Å². The minimum absolute atomic E-state index is 0.0629. The van der Waals surface area contributed by atoms with Crippen molar-refractivity contribution in [2.75, 3.05) is 11.9 Å². The molecule has 1 aliphatic carbocycles. The van der Waals surface area contributed by atoms with E-state index in [1.807, 2.05) is 19.1 Å². The van der Waals surface area contributed by atoms with Crippen LogP contribution >= 0.6 is 0 Å². The van der Waals surface area contributed by atoms with Crippen LogP contribution < -0.4 is 10.6 Å². The van der Waals surface area contributed by atoms with Gasteiger partial charge in [-0.2, -0.15) is 0 Å². The number of hydrogen-bond acceptors (Lipinski definition) is 6. The lowest BCUT2D eigenvalue weighted by Gasteiger charge is -2.35. The first-order valence-corrected chi connectivity index (χ1v) is 9.72. The van der Waals surface area contributed by atoms with Crippen LogP contribution in [-0.2, 0) is 10.2 Å². The van der Waals surface area contributed by atoms with Crippen molar-refractivity contribution in [1.82, 2.24) is 20.5 Å². The first kappa shape index (κ1) is 17.9. The fourth-order valence-electron chi connectivity index (χ4n) is 3.92. The van der Waals surface area contributed by atoms with E-state index < -0.39 is 5.41 Å². The second-order valence-corrected chi connectivity index (χ2v) is 8.73. The Labute approximate surface area is 159 Å². The van der Waals surface area contributed by atoms with Gasteiger partial charge in [0.05, 0.1) is 5.56 Å². The number of carbonyl (C=O) groups excluding carboxylic acids is 1. The number of hydrogen-bond donors (Lipinski definition) is 2. The van der Waals surface area contributed by atoms with Gasteiger partial charge in [0.1, 0.15) is 11.2 Å². The molecule has 3 heterocycles. The molecular formula is C20H27N5O2. The summed E-state index contributed by atoms with van der Waals surface area (Å²) in [6, 6.07) is 4.18. The van der Waals surface area contributed by atoms with Crippen molar-refractivity contribution in [2.45, 2.75) is 64.3 Å². The third kappa shape index (κ3) is 3.42. The highest BCUT2D eigenvalue weighted by atomic mass is 16.4. The van der Waals surface area contributed by atoms with Gasteiger partial charge in [0.15, 0.2) is 0 Å². The molecule has 0 spiro atoms. The lowest BCUT2D eigenvalue weighted by atomic mass is 9.75. The van der Waals surface area contributed by atoms with Crippen LogP contribution in [0.25, 0.3) is 11.5 Å². The van der Waals surface area contributed by atoms with Crippen molar-refractivity contribution in [3.63, 3.8) is 0 Å². The van der Waals surface area contributed by atoms with Crippen LogP contribution in [0, 0.1) is 5.41 Å². The molecule has 2 aromatic heterocycles. The van der Waals surface area contributed by atoms with Crippen LogP contribution in [-0.4, -0.2) is 33.7 Å². The number of carbonyl (C=O) groups is 1. The largest absolute Gasteiger partial charge is 0.419 e. The number of nitrogens with zero attached hydrogens (tertiary/aromatic N) is 3. The van der Waals surface area contributed by atoms with Gasteiger partial charge in [-0.15, -0.1) is 10.2 Å². The number of rotatable bonds is 4. The molecule has 27 heavy (non-hydrogen) atoms. The number of aromatic nitrogens is 3. The molecule has 4 rings (SSSR count). The summed E-state index contributed by atoms with van der Waals surface area (Å²) in [5.74, 6) is 1.46. The minimum Gasteiger partial charge on any atom is -0.419 e. The van der Waals surface area contributed by atoms with Gasteiger partial charge in [0.2, 0.25) is 11.8 Å². The van der Waals surface area contributed by atoms with Crippen molar-refractivity contribution < 1.29 is 9.21 Å². The standard InChI is InChI=1S/C20H27N5O2/c1-19(2)8-6-13(7-9-19)23-15-14(5-4-11-21-15)16-24-25-18(27-16)20(3)10-12-22-17(20)26/h4-5,11,13H,6-10,12H2,1-3H3,(H,21,23)(H,22,26). The number of pyridine rings is 1. The lowest BCUT2D eigenvalue weighted by Crippen LogP contribution is -2.32. The Morgan fingerprint density at radius 1 is 1.19 bits per heavy atom. The van der Waals surface area contributed by atoms with Gasteiger partial charge < -0.3 is 15.1 Å². The zero-order valence-electron chi connectivity index (χ0n) is 16.2. The number of nitrogens with one attached hydrogen (secondary N) is 2. The quantitative estimate of drug-likeness (QED) is 0.859. The van der Waals surface area contributed by atoms with Crippen molar-refractivity contribution in [3.05, 3.63) is 24.2 Å². The molecule has 0 radical (unpaired) electrons. The summed E-state index contributed by atoms with van der Waals surface area (Å²) in [6.45, 7) is 7.13. The summed E-state index contributed by atoms with van der Waals surface area (Å²) >= 11 is 0. The number of amides is 1. The molecule has 1 saturated heterocycles. The van der Waals surface area contributed by atoms with Crippen LogP contribution in [0.2, 0.25) is 0 Å². The zero-order valence-corrected chi connectivity index (χ0v) is 16.2. The normalized spacial score (nSPS) is 25.4. The average molecular weight is 369 g/mol. The predicted octanol–water partition coefficient (Wildman–Crippen LogP) is 3.29. The molecule has 1 saturated carbocycles. The van der Waals surface area contributed by atoms with E-state index in [9.17, 15) is 4.79 Å². The van der Waals surface area contributed by atoms with E-state index in [2.05, 4.69) is 39.7 Å². The molecule has 2 N–H and O–H groups in total. The van der Waals surface area contributed by atoms with Crippen LogP contribution in [0.5, 0.6) is 0 Å². The van der Waals surface area contributed by atoms with Crippen molar-refractivity contribution >= 4 is 11.7 Å². The van der Waals surface area contributed by atoms with Gasteiger partial charge in [0, 0.05) is 18.8 Å². The van der Waals surface area contributed by atoms with Gasteiger partial charge in [-0.05, 0) is 56.6 Å². The van der Waals surface area contributed by atoms with E-state index in [4.69, 9.17) is 4.42 Å². The summed E-state index contributed by atoms with van der Waals surface area (Å²) in [5, 5.41) is 14.8. The van der Waals surface area contributed by atoms with E-state index in [0.29, 0.717) is 36.2 Å². The fraction of sp³-hybridized carbons (Fsp3) is 0.600. The Morgan fingerprint density at radius 2 is 1.96 bits per heavy atom. The van der Waals surface area contributed by atoms with Crippen molar-refractivity contribution in [3.8, 4) is 11.5 Å². The van der Waals surface area contributed by atoms with Crippen LogP contribution in [0.15, 0.2) is 22.7 Å². The molecule has 144 valence electrons. The summed E-state index contributed by atoms with van der Waals surface area (Å²) < 4.78 is 5.93. The third-order valence-corrected chi connectivity index (χ3v) is 6.03. The Morgan fingerprint density at radius 3 is 2.67 bits per heavy atom. The Hall–Kier alpha value is -2.44. The minimum atomic E-state index is -0.754. The average Bonchev–Trinajstić information content (AvgIpc) is 3.26. The molecule has 1 unspecified atom stereocenters. The fourth-order valence-corrected chi connectivity index (χ4v) is 3.92. The molecule has 7 nitrogen and oxygen atoms in total. The molecule has 2 aliphatic rings. The van der Waals surface area contributed by atoms with Gasteiger partial charge in [0.25, 0.3) is 5.89 Å². The van der Waals surface area contributed by atoms with Gasteiger partial charge >= 0.3 is 0 Å². The third-order valence-electron chi connectivity index (χ3n) is 6.03. The Kier molecular flexibility index (Phi) is 4.40. The molecule has 0 bridgehead atoms. The Balaban J connectivity index is 1.56. The maximum atomic E-state index is 12.2. The highest BCUT2D eigenvalue weighted by molar-refractivity contribution is 5.88. The molecule has 7 heteroatoms. The molecule has 1 atom stereocenters. The maximum absolute atomic E-state index is 12.2. The van der Waals surface area contributed by atoms with Crippen LogP contribution in [0.4, 0.5) is 5.82 Å². The first-order valence-electron chi connectivity index (χ1n) is 9.72. The Bertz CT molecular complexity index is 836. The monoisotopic (exact) mass is 369 g/mol. The molecular weight excluding hydrogens is 342 g/mol. The maximum Gasteiger partial charge on any atom is 0.251 e. The smallest absolute Gasteiger partial charge is 0.251 e. The lowest BCUT2D eigenvalue weighted by molar-refractivity contribution is -0.124. The topological polar surface area (TPSA) is 92.9 Å². The molecule has 1 amide bonds. The van der Waals surface area contributed by atoms with E-state index in [-0.39, 0.29) is 5.91 Å². The first-order chi connectivity index (χ1) is 12.9. The van der Waals surface area contributed by atoms with E-state index in [1.165, 1.54) is 12.8 Å². The van der Waals surface area contributed by atoms with E-state index in [1.54, 1.807) is 6.20 Å². The summed E-state index contributed by atoms with van der Waals surface area (Å²) in [7, 11) is 0.